The number of hydrogen-bond donors (Lipinski definition) is 3. The zero-order valence-electron chi connectivity index (χ0n) is 34.4. The minimum absolute atomic E-state index is 0.00142. The SMILES string of the molecule is Cn1nc(C2CCC(=O)NC2=O)c2cccc(N3CCN(CC4CCN(c5ncc(Cl)c(Nc6cc7c8c(c(=O)n(C)c7cc6F)OCC(F)(F)[C@H](C6CC6)N8)n5)CC4)CC3)c21. The van der Waals surface area contributed by atoms with Crippen LogP contribution in [0.4, 0.5) is 42.0 Å². The van der Waals surface area contributed by atoms with Gasteiger partial charge in [-0.25, -0.2) is 18.2 Å². The third-order valence-electron chi connectivity index (χ3n) is 13.3. The van der Waals surface area contributed by atoms with Crippen LogP contribution in [-0.2, 0) is 23.7 Å². The van der Waals surface area contributed by atoms with Crippen LogP contribution in [0.3, 0.4) is 0 Å². The molecular weight excluding hydrogens is 827 g/mol. The van der Waals surface area contributed by atoms with Crippen LogP contribution in [0.1, 0.15) is 50.1 Å². The van der Waals surface area contributed by atoms with Crippen molar-refractivity contribution in [2.45, 2.75) is 56.4 Å². The molecule has 0 radical (unpaired) electrons. The number of nitrogens with one attached hydrogen (secondary N) is 3. The molecule has 0 spiro atoms. The molecule has 1 aliphatic carbocycles. The van der Waals surface area contributed by atoms with Crippen LogP contribution in [0.5, 0.6) is 5.75 Å². The molecule has 19 heteroatoms. The number of halogens is 4. The average molecular weight is 874 g/mol. The predicted octanol–water partition coefficient (Wildman–Crippen LogP) is 5.53. The van der Waals surface area contributed by atoms with E-state index in [2.05, 4.69) is 41.7 Å². The first-order chi connectivity index (χ1) is 29.8. The molecule has 7 heterocycles. The van der Waals surface area contributed by atoms with E-state index < -0.39 is 35.9 Å². The second kappa shape index (κ2) is 15.6. The van der Waals surface area contributed by atoms with Gasteiger partial charge in [0.1, 0.15) is 10.8 Å². The molecule has 2 atom stereocenters. The molecule has 5 aromatic rings. The van der Waals surface area contributed by atoms with E-state index in [0.29, 0.717) is 48.6 Å². The molecule has 326 valence electrons. The third-order valence-corrected chi connectivity index (χ3v) is 13.5. The highest BCUT2D eigenvalue weighted by Crippen LogP contribution is 2.46. The normalized spacial score (nSPS) is 22.3. The number of rotatable bonds is 8. The summed E-state index contributed by atoms with van der Waals surface area (Å²) in [6.45, 7) is 5.02. The molecule has 62 heavy (non-hydrogen) atoms. The zero-order chi connectivity index (χ0) is 43.0. The first-order valence-electron chi connectivity index (χ1n) is 21.3. The lowest BCUT2D eigenvalue weighted by atomic mass is 9.92. The van der Waals surface area contributed by atoms with Gasteiger partial charge in [0.2, 0.25) is 23.5 Å². The maximum Gasteiger partial charge on any atom is 0.301 e. The van der Waals surface area contributed by atoms with Crippen LogP contribution < -0.4 is 36.0 Å². The maximum atomic E-state index is 15.8. The van der Waals surface area contributed by atoms with Crippen molar-refractivity contribution in [3.05, 3.63) is 63.4 Å². The van der Waals surface area contributed by atoms with Gasteiger partial charge in [-0.3, -0.25) is 29.3 Å². The summed E-state index contributed by atoms with van der Waals surface area (Å²) in [7, 11) is 3.36. The first kappa shape index (κ1) is 40.5. The number of amides is 2. The Balaban J connectivity index is 0.788. The number of carbonyl (C=O) groups excluding carboxylic acids is 2. The minimum Gasteiger partial charge on any atom is -0.480 e. The van der Waals surface area contributed by atoms with Crippen molar-refractivity contribution in [1.29, 1.82) is 0 Å². The van der Waals surface area contributed by atoms with Crippen molar-refractivity contribution in [2.75, 3.05) is 72.9 Å². The number of piperidine rings is 2. The number of para-hydroxylation sites is 1. The van der Waals surface area contributed by atoms with E-state index in [1.165, 1.54) is 29.9 Å². The van der Waals surface area contributed by atoms with Crippen LogP contribution in [0.25, 0.3) is 21.8 Å². The van der Waals surface area contributed by atoms with E-state index in [1.807, 2.05) is 23.9 Å². The highest BCUT2D eigenvalue weighted by molar-refractivity contribution is 6.33. The van der Waals surface area contributed by atoms with E-state index >= 15 is 13.2 Å². The van der Waals surface area contributed by atoms with E-state index in [-0.39, 0.29) is 51.2 Å². The molecule has 4 aliphatic heterocycles. The molecule has 1 saturated carbocycles. The molecule has 1 unspecified atom stereocenters. The number of benzene rings is 2. The summed E-state index contributed by atoms with van der Waals surface area (Å²) in [5.41, 5.74) is 2.49. The number of alkyl halides is 2. The fraction of sp³-hybridized carbons (Fsp3) is 0.488. The second-order valence-electron chi connectivity index (χ2n) is 17.3. The van der Waals surface area contributed by atoms with E-state index in [1.54, 1.807) is 0 Å². The summed E-state index contributed by atoms with van der Waals surface area (Å²) in [5, 5.41) is 14.6. The van der Waals surface area contributed by atoms with Gasteiger partial charge in [-0.2, -0.15) is 10.1 Å². The van der Waals surface area contributed by atoms with Gasteiger partial charge in [0, 0.05) is 83.2 Å². The van der Waals surface area contributed by atoms with Crippen molar-refractivity contribution in [2.24, 2.45) is 25.9 Å². The van der Waals surface area contributed by atoms with E-state index in [4.69, 9.17) is 26.4 Å². The second-order valence-corrected chi connectivity index (χ2v) is 17.7. The van der Waals surface area contributed by atoms with Crippen molar-refractivity contribution < 1.29 is 27.5 Å². The number of imide groups is 1. The third kappa shape index (κ3) is 7.33. The molecule has 10 rings (SSSR count). The first-order valence-corrected chi connectivity index (χ1v) is 21.6. The highest BCUT2D eigenvalue weighted by atomic mass is 35.5. The fourth-order valence-corrected chi connectivity index (χ4v) is 9.84. The highest BCUT2D eigenvalue weighted by Gasteiger charge is 2.51. The number of carbonyl (C=O) groups is 2. The molecule has 5 aliphatic rings. The largest absolute Gasteiger partial charge is 0.480 e. The number of ether oxygens (including phenoxy) is 1. The lowest BCUT2D eigenvalue weighted by Gasteiger charge is -2.39. The Morgan fingerprint density at radius 2 is 1.74 bits per heavy atom. The van der Waals surface area contributed by atoms with E-state index in [9.17, 15) is 14.4 Å². The number of pyridine rings is 1. The van der Waals surface area contributed by atoms with Crippen molar-refractivity contribution in [1.82, 2.24) is 34.5 Å². The fourth-order valence-electron chi connectivity index (χ4n) is 9.70. The molecule has 2 aromatic carbocycles. The number of aromatic nitrogens is 5. The molecule has 15 nitrogen and oxygen atoms in total. The summed E-state index contributed by atoms with van der Waals surface area (Å²) in [6, 6.07) is 7.57. The number of piperazine rings is 1. The molecular formula is C43H47ClF3N11O4. The van der Waals surface area contributed by atoms with Crippen LogP contribution >= 0.6 is 11.6 Å². The predicted molar refractivity (Wildman–Crippen MR) is 229 cm³/mol. The Hall–Kier alpha value is -5.62. The Morgan fingerprint density at radius 1 is 0.968 bits per heavy atom. The quantitative estimate of drug-likeness (QED) is 0.168. The van der Waals surface area contributed by atoms with Gasteiger partial charge in [-0.1, -0.05) is 23.7 Å². The number of nitrogens with zero attached hydrogens (tertiary/aromatic N) is 8. The Morgan fingerprint density at radius 3 is 2.48 bits per heavy atom. The average Bonchev–Trinajstić information content (AvgIpc) is 4.06. The summed E-state index contributed by atoms with van der Waals surface area (Å²) < 4.78 is 54.6. The zero-order valence-corrected chi connectivity index (χ0v) is 35.2. The van der Waals surface area contributed by atoms with Gasteiger partial charge >= 0.3 is 5.92 Å². The molecule has 3 saturated heterocycles. The van der Waals surface area contributed by atoms with Crippen LogP contribution in [0.2, 0.25) is 5.02 Å². The Bertz CT molecular complexity index is 2670. The van der Waals surface area contributed by atoms with Gasteiger partial charge in [-0.05, 0) is 56.1 Å². The van der Waals surface area contributed by atoms with Gasteiger partial charge < -0.3 is 29.7 Å². The Kier molecular flexibility index (Phi) is 10.2. The lowest BCUT2D eigenvalue weighted by Crippen LogP contribution is -2.49. The molecule has 0 bridgehead atoms. The van der Waals surface area contributed by atoms with E-state index in [0.717, 1.165) is 75.2 Å². The minimum atomic E-state index is -3.21. The number of hydrogen-bond acceptors (Lipinski definition) is 12. The van der Waals surface area contributed by atoms with Gasteiger partial charge in [0.05, 0.1) is 51.9 Å². The van der Waals surface area contributed by atoms with Crippen LogP contribution in [-0.4, -0.2) is 105 Å². The summed E-state index contributed by atoms with van der Waals surface area (Å²) >= 11 is 6.56. The maximum absolute atomic E-state index is 15.8. The van der Waals surface area contributed by atoms with Gasteiger partial charge in [-0.15, -0.1) is 0 Å². The van der Waals surface area contributed by atoms with Gasteiger partial charge in [0.15, 0.2) is 12.4 Å². The number of anilines is 5. The molecule has 2 amide bonds. The smallest absolute Gasteiger partial charge is 0.301 e. The number of fused-ring (bicyclic) bond motifs is 4. The molecule has 3 N–H and O–H groups in total. The number of aryl methyl sites for hydroxylation is 2. The standard InChI is InChI=1S/C43H47ClF3N11O4/c1-54-32-19-29(45)30(18-27(32)35-37(41(54)61)62-22-43(46,47)38(51-35)24-6-7-24)49-39-28(44)20-48-42(52-39)58-12-10-23(11-13-58)21-56-14-16-57(17-15-56)31-5-3-4-25-34(53-55(2)36(25)31)26-8-9-33(59)50-40(26)60/h3-5,18-20,23-24,26,38,51H,6-17,21-22H2,1-2H3,(H,48,49,52)(H,50,59,60)/t26?,38-/m0/s1. The monoisotopic (exact) mass is 873 g/mol. The van der Waals surface area contributed by atoms with Crippen molar-refractivity contribution in [3.8, 4) is 5.75 Å². The van der Waals surface area contributed by atoms with Crippen molar-refractivity contribution in [3.63, 3.8) is 0 Å². The summed E-state index contributed by atoms with van der Waals surface area (Å²) in [4.78, 5) is 53.9. The molecule has 4 fully saturated rings. The van der Waals surface area contributed by atoms with Crippen LogP contribution in [0.15, 0.2) is 41.3 Å². The molecule has 3 aromatic heterocycles. The summed E-state index contributed by atoms with van der Waals surface area (Å²) in [5.74, 6) is -4.24. The van der Waals surface area contributed by atoms with Gasteiger partial charge in [0.25, 0.3) is 5.56 Å². The lowest BCUT2D eigenvalue weighted by molar-refractivity contribution is -0.134. The van der Waals surface area contributed by atoms with Crippen molar-refractivity contribution >= 4 is 74.0 Å². The topological polar surface area (TPSA) is 155 Å². The Labute approximate surface area is 359 Å². The summed E-state index contributed by atoms with van der Waals surface area (Å²) in [6.07, 6.45) is 5.39. The van der Waals surface area contributed by atoms with Crippen LogP contribution in [0, 0.1) is 17.7 Å².